The number of benzene rings is 1. The highest BCUT2D eigenvalue weighted by molar-refractivity contribution is 6.41. The summed E-state index contributed by atoms with van der Waals surface area (Å²) in [5.41, 5.74) is -1.09. The molecule has 0 fully saturated rings. The number of hydrogen-bond acceptors (Lipinski definition) is 6. The maximum Gasteiger partial charge on any atom is 0.433 e. The summed E-state index contributed by atoms with van der Waals surface area (Å²) in [5, 5.41) is 0. The van der Waals surface area contributed by atoms with Crippen LogP contribution in [-0.4, -0.2) is 31.0 Å². The van der Waals surface area contributed by atoms with Crippen LogP contribution in [0.5, 0.6) is 5.88 Å². The van der Waals surface area contributed by atoms with Crippen molar-refractivity contribution in [1.29, 1.82) is 0 Å². The van der Waals surface area contributed by atoms with E-state index in [-0.39, 0.29) is 22.8 Å². The standard InChI is InChI=1S/C18H14F3NO5/c1-25-10-13(27-15-9-5-8-14(22-15)18(19,20)21)11-6-3-4-7-12(11)16(23)17(24)26-2/h3-10H,1-2H3/b13-10-. The van der Waals surface area contributed by atoms with Crippen molar-refractivity contribution in [2.24, 2.45) is 0 Å². The van der Waals surface area contributed by atoms with Gasteiger partial charge in [-0.2, -0.15) is 13.2 Å². The van der Waals surface area contributed by atoms with Gasteiger partial charge in [0, 0.05) is 17.2 Å². The van der Waals surface area contributed by atoms with Crippen LogP contribution in [0.4, 0.5) is 13.2 Å². The van der Waals surface area contributed by atoms with E-state index in [9.17, 15) is 22.8 Å². The number of halogens is 3. The van der Waals surface area contributed by atoms with E-state index in [1.54, 1.807) is 6.07 Å². The summed E-state index contributed by atoms with van der Waals surface area (Å²) in [7, 11) is 2.34. The third-order valence-corrected chi connectivity index (χ3v) is 3.26. The van der Waals surface area contributed by atoms with Gasteiger partial charge in [0.05, 0.1) is 14.2 Å². The monoisotopic (exact) mass is 381 g/mol. The van der Waals surface area contributed by atoms with Gasteiger partial charge in [-0.3, -0.25) is 4.79 Å². The number of hydrogen-bond donors (Lipinski definition) is 0. The van der Waals surface area contributed by atoms with Crippen LogP contribution >= 0.6 is 0 Å². The number of Topliss-reactive ketones (excluding diaryl/α,β-unsaturated/α-hetero) is 1. The number of pyridine rings is 1. The zero-order valence-corrected chi connectivity index (χ0v) is 14.2. The Hall–Kier alpha value is -3.36. The molecule has 0 amide bonds. The molecule has 0 saturated heterocycles. The second-order valence-corrected chi connectivity index (χ2v) is 5.04. The van der Waals surface area contributed by atoms with Gasteiger partial charge in [-0.05, 0) is 6.07 Å². The van der Waals surface area contributed by atoms with Crippen molar-refractivity contribution in [3.05, 3.63) is 65.5 Å². The van der Waals surface area contributed by atoms with Gasteiger partial charge in [0.2, 0.25) is 5.88 Å². The minimum atomic E-state index is -4.65. The maximum atomic E-state index is 12.8. The lowest BCUT2D eigenvalue weighted by Gasteiger charge is -2.13. The minimum Gasteiger partial charge on any atom is -0.500 e. The molecule has 6 nitrogen and oxygen atoms in total. The van der Waals surface area contributed by atoms with Gasteiger partial charge in [0.15, 0.2) is 5.76 Å². The molecule has 2 rings (SSSR count). The molecule has 0 aliphatic carbocycles. The van der Waals surface area contributed by atoms with Crippen LogP contribution in [0.25, 0.3) is 5.76 Å². The molecule has 9 heteroatoms. The summed E-state index contributed by atoms with van der Waals surface area (Å²) in [6, 6.07) is 8.98. The molecular weight excluding hydrogens is 367 g/mol. The van der Waals surface area contributed by atoms with Crippen LogP contribution in [0.1, 0.15) is 21.6 Å². The van der Waals surface area contributed by atoms with E-state index in [0.717, 1.165) is 25.5 Å². The van der Waals surface area contributed by atoms with Gasteiger partial charge in [0.25, 0.3) is 5.78 Å². The lowest BCUT2D eigenvalue weighted by atomic mass is 10.0. The van der Waals surface area contributed by atoms with Crippen molar-refractivity contribution >= 4 is 17.5 Å². The van der Waals surface area contributed by atoms with Crippen molar-refractivity contribution in [2.45, 2.75) is 6.18 Å². The topological polar surface area (TPSA) is 74.7 Å². The number of alkyl halides is 3. The first-order valence-corrected chi connectivity index (χ1v) is 7.45. The van der Waals surface area contributed by atoms with E-state index in [2.05, 4.69) is 9.72 Å². The number of methoxy groups -OCH3 is 2. The summed E-state index contributed by atoms with van der Waals surface area (Å²) >= 11 is 0. The molecule has 0 N–H and O–H groups in total. The first-order chi connectivity index (χ1) is 12.8. The van der Waals surface area contributed by atoms with Crippen molar-refractivity contribution in [3.63, 3.8) is 0 Å². The second kappa shape index (κ2) is 8.35. The molecule has 0 bridgehead atoms. The van der Waals surface area contributed by atoms with E-state index in [1.807, 2.05) is 0 Å². The first-order valence-electron chi connectivity index (χ1n) is 7.45. The highest BCUT2D eigenvalue weighted by atomic mass is 19.4. The van der Waals surface area contributed by atoms with Crippen LogP contribution in [0.15, 0.2) is 48.7 Å². The average Bonchev–Trinajstić information content (AvgIpc) is 2.66. The van der Waals surface area contributed by atoms with Gasteiger partial charge < -0.3 is 14.2 Å². The molecule has 142 valence electrons. The molecule has 0 atom stereocenters. The minimum absolute atomic E-state index is 0.0698. The van der Waals surface area contributed by atoms with Gasteiger partial charge in [-0.15, -0.1) is 0 Å². The fourth-order valence-electron chi connectivity index (χ4n) is 2.09. The zero-order chi connectivity index (χ0) is 20.0. The summed E-state index contributed by atoms with van der Waals surface area (Å²) in [6.45, 7) is 0. The Labute approximate surface area is 152 Å². The third kappa shape index (κ3) is 4.84. The first kappa shape index (κ1) is 20.0. The molecule has 27 heavy (non-hydrogen) atoms. The van der Waals surface area contributed by atoms with E-state index in [4.69, 9.17) is 9.47 Å². The molecule has 0 spiro atoms. The van der Waals surface area contributed by atoms with Crippen molar-refractivity contribution in [3.8, 4) is 5.88 Å². The second-order valence-electron chi connectivity index (χ2n) is 5.04. The Morgan fingerprint density at radius 3 is 2.26 bits per heavy atom. The number of carbonyl (C=O) groups excluding carboxylic acids is 2. The summed E-state index contributed by atoms with van der Waals surface area (Å²) < 4.78 is 53.2. The lowest BCUT2D eigenvalue weighted by molar-refractivity contribution is -0.141. The number of esters is 1. The molecule has 0 radical (unpaired) electrons. The third-order valence-electron chi connectivity index (χ3n) is 3.26. The van der Waals surface area contributed by atoms with Gasteiger partial charge >= 0.3 is 12.1 Å². The fourth-order valence-corrected chi connectivity index (χ4v) is 2.09. The summed E-state index contributed by atoms with van der Waals surface area (Å²) in [4.78, 5) is 27.1. The van der Waals surface area contributed by atoms with Crippen LogP contribution in [0.3, 0.4) is 0 Å². The normalized spacial score (nSPS) is 11.7. The van der Waals surface area contributed by atoms with E-state index in [1.165, 1.54) is 31.4 Å². The Balaban J connectivity index is 2.45. The Kier molecular flexibility index (Phi) is 6.17. The van der Waals surface area contributed by atoms with Crippen LogP contribution in [-0.2, 0) is 20.4 Å². The smallest absolute Gasteiger partial charge is 0.433 e. The van der Waals surface area contributed by atoms with Gasteiger partial charge in [-0.25, -0.2) is 9.78 Å². The number of ketones is 1. The van der Waals surface area contributed by atoms with Gasteiger partial charge in [-0.1, -0.05) is 30.3 Å². The molecule has 0 aliphatic heterocycles. The van der Waals surface area contributed by atoms with Crippen molar-refractivity contribution < 1.29 is 37.0 Å². The van der Waals surface area contributed by atoms with Crippen molar-refractivity contribution in [2.75, 3.05) is 14.2 Å². The molecule has 0 aliphatic rings. The quantitative estimate of drug-likeness (QED) is 0.330. The van der Waals surface area contributed by atoms with E-state index >= 15 is 0 Å². The highest BCUT2D eigenvalue weighted by Gasteiger charge is 2.33. The maximum absolute atomic E-state index is 12.8. The van der Waals surface area contributed by atoms with E-state index < -0.39 is 23.6 Å². The van der Waals surface area contributed by atoms with Crippen LogP contribution < -0.4 is 4.74 Å². The lowest BCUT2D eigenvalue weighted by Crippen LogP contribution is -2.18. The molecular formula is C18H14F3NO5. The molecule has 1 aromatic heterocycles. The highest BCUT2D eigenvalue weighted by Crippen LogP contribution is 2.30. The van der Waals surface area contributed by atoms with Crippen LogP contribution in [0.2, 0.25) is 0 Å². The number of aromatic nitrogens is 1. The molecule has 0 saturated carbocycles. The SMILES string of the molecule is CO/C=C(\Oc1cccc(C(F)(F)F)n1)c1ccccc1C(=O)C(=O)OC. The summed E-state index contributed by atoms with van der Waals surface area (Å²) in [5.74, 6) is -2.53. The number of carbonyl (C=O) groups is 2. The number of ether oxygens (including phenoxy) is 3. The predicted octanol–water partition coefficient (Wildman–Crippen LogP) is 3.48. The van der Waals surface area contributed by atoms with Gasteiger partial charge in [0.1, 0.15) is 12.0 Å². The molecule has 0 unspecified atom stereocenters. The fraction of sp³-hybridized carbons (Fsp3) is 0.167. The predicted molar refractivity (Wildman–Crippen MR) is 87.6 cm³/mol. The number of rotatable bonds is 6. The summed E-state index contributed by atoms with van der Waals surface area (Å²) in [6.07, 6.45) is -3.57. The van der Waals surface area contributed by atoms with E-state index in [0.29, 0.717) is 0 Å². The largest absolute Gasteiger partial charge is 0.500 e. The Bertz CT molecular complexity index is 877. The van der Waals surface area contributed by atoms with Crippen LogP contribution in [0, 0.1) is 0 Å². The average molecular weight is 381 g/mol. The molecule has 2 aromatic rings. The Morgan fingerprint density at radius 2 is 1.67 bits per heavy atom. The molecule has 1 aromatic carbocycles. The zero-order valence-electron chi connectivity index (χ0n) is 14.2. The Morgan fingerprint density at radius 1 is 1.00 bits per heavy atom. The molecule has 1 heterocycles. The number of nitrogens with zero attached hydrogens (tertiary/aromatic N) is 1. The van der Waals surface area contributed by atoms with Crippen molar-refractivity contribution in [1.82, 2.24) is 4.98 Å².